The maximum absolute atomic E-state index is 10.9. The summed E-state index contributed by atoms with van der Waals surface area (Å²) in [6.07, 6.45) is -0.0833. The van der Waals surface area contributed by atoms with Gasteiger partial charge in [0.05, 0.1) is 7.11 Å². The van der Waals surface area contributed by atoms with Crippen LogP contribution in [0.15, 0.2) is 0 Å². The second-order valence-corrected chi connectivity index (χ2v) is 1.68. The monoisotopic (exact) mass is 479 g/mol. The summed E-state index contributed by atoms with van der Waals surface area (Å²) in [4.78, 5) is 17.7. The molecule has 0 atom stereocenters. The summed E-state index contributed by atoms with van der Waals surface area (Å²) in [7, 11) is 1.31. The summed E-state index contributed by atoms with van der Waals surface area (Å²) in [6, 6.07) is -1.33. The summed E-state index contributed by atoms with van der Waals surface area (Å²) in [5, 5.41) is 0. The average molecular weight is 479 g/mol. The predicted molar refractivity (Wildman–Crippen MR) is 51.6 cm³/mol. The van der Waals surface area contributed by atoms with E-state index >= 15 is 0 Å². The van der Waals surface area contributed by atoms with Crippen molar-refractivity contribution in [3.8, 4) is 0 Å². The van der Waals surface area contributed by atoms with Crippen molar-refractivity contribution in [2.75, 3.05) is 7.11 Å². The van der Waals surface area contributed by atoms with Crippen LogP contribution in [0, 0.1) is 13.1 Å². The first-order valence-corrected chi connectivity index (χ1v) is 3.67. The van der Waals surface area contributed by atoms with Crippen LogP contribution in [0.2, 0.25) is 0 Å². The van der Waals surface area contributed by atoms with Crippen molar-refractivity contribution >= 4 is 12.5 Å². The van der Waals surface area contributed by atoms with Crippen molar-refractivity contribution < 1.29 is 23.1 Å². The Labute approximate surface area is 84.4 Å². The SMILES string of the molecule is CC(=O)F.COC=O.C[C-](C)F.[CH2-]C.[Rf]. The molecule has 0 heterocycles. The summed E-state index contributed by atoms with van der Waals surface area (Å²) in [5.41, 5.74) is 0. The van der Waals surface area contributed by atoms with Crippen LogP contribution in [0.1, 0.15) is 27.7 Å². The van der Waals surface area contributed by atoms with Gasteiger partial charge < -0.3 is 16.1 Å². The molecule has 0 aliphatic heterocycles. The molecule has 0 bridgehead atoms. The zero-order valence-electron chi connectivity index (χ0n) is 9.97. The van der Waals surface area contributed by atoms with Crippen LogP contribution >= 0.6 is 0 Å². The smallest absolute Gasteiger partial charge is 0.298 e. The molecule has 0 N–H and O–H groups in total. The third-order valence-corrected chi connectivity index (χ3v) is 0.0962. The van der Waals surface area contributed by atoms with Gasteiger partial charge in [-0.2, -0.15) is 31.3 Å². The molecule has 6 heteroatoms. The molecule has 0 aromatic rings. The van der Waals surface area contributed by atoms with E-state index in [9.17, 15) is 8.78 Å². The Balaban J connectivity index is -0.0000000298. The van der Waals surface area contributed by atoms with Gasteiger partial charge in [0.15, 0.2) is 0 Å². The summed E-state index contributed by atoms with van der Waals surface area (Å²) >= 11 is 0. The van der Waals surface area contributed by atoms with E-state index in [2.05, 4.69) is 11.7 Å². The number of carbonyl (C=O) groups excluding carboxylic acids is 2. The Hall–Kier alpha value is -2.00. The number of methoxy groups -OCH3 is 1. The van der Waals surface area contributed by atoms with E-state index in [1.807, 2.05) is 0 Å². The third kappa shape index (κ3) is 1200. The number of ether oxygens (including phenoxy) is 1. The van der Waals surface area contributed by atoms with Crippen molar-refractivity contribution in [2.24, 2.45) is 0 Å². The topological polar surface area (TPSA) is 43.4 Å². The van der Waals surface area contributed by atoms with E-state index in [1.165, 1.54) is 21.0 Å². The first-order chi connectivity index (χ1) is 6.38. The molecule has 0 saturated heterocycles. The molecular weight excluding hydrogens is 461 g/mol. The second kappa shape index (κ2) is 40.3. The number of rotatable bonds is 1. The molecule has 0 spiro atoms. The summed E-state index contributed by atoms with van der Waals surface area (Å²) < 4.78 is 25.1. The largest absolute Gasteiger partial charge is 0.471 e. The second-order valence-electron chi connectivity index (χ2n) is 1.68. The molecule has 0 amide bonds. The molecule has 0 aromatic heterocycles. The van der Waals surface area contributed by atoms with Gasteiger partial charge in [0.1, 0.15) is 0 Å². The van der Waals surface area contributed by atoms with Gasteiger partial charge in [0, 0.05) is 6.92 Å². The predicted octanol–water partition coefficient (Wildman–Crippen LogP) is 2.66. The fourth-order valence-corrected chi connectivity index (χ4v) is 0. The minimum absolute atomic E-state index is 0. The zero-order valence-corrected chi connectivity index (χ0v) is 16.4. The van der Waals surface area contributed by atoms with Crippen molar-refractivity contribution in [1.82, 2.24) is 0 Å². The van der Waals surface area contributed by atoms with Crippen molar-refractivity contribution in [1.29, 1.82) is 0 Å². The van der Waals surface area contributed by atoms with E-state index < -0.39 is 6.04 Å². The number of halogens is 2. The van der Waals surface area contributed by atoms with E-state index in [-0.39, 0.29) is 6.17 Å². The quantitative estimate of drug-likeness (QED) is 0.330. The van der Waals surface area contributed by atoms with Crippen LogP contribution < -0.4 is 0 Å². The van der Waals surface area contributed by atoms with E-state index in [4.69, 9.17) is 9.59 Å². The number of hydrogen-bond donors (Lipinski definition) is 0. The summed E-state index contributed by atoms with van der Waals surface area (Å²) in [6.45, 7) is 9.07. The fourth-order valence-electron chi connectivity index (χ4n) is 0. The zero-order chi connectivity index (χ0) is 12.6. The minimum Gasteiger partial charge on any atom is -0.471 e. The van der Waals surface area contributed by atoms with Crippen LogP contribution in [0.3, 0.4) is 0 Å². The standard InChI is InChI=1S/C3H6F.C2H3FO.C2H4O2.C2H5.Rf/c1-3(2)4;1-2(3)4;1-4-2-3;1-2;/h1-2H3;1H3;2H,1H3;1H2,2H3;/q-1;;;-1;. The molecule has 0 fully saturated rings. The van der Waals surface area contributed by atoms with E-state index in [1.54, 1.807) is 6.92 Å². The molecule has 0 unspecified atom stereocenters. The molecule has 3 nitrogen and oxygen atoms in total. The first-order valence-electron chi connectivity index (χ1n) is 3.67. The normalized spacial score (nSPS) is 5.93. The Morgan fingerprint density at radius 3 is 1.47 bits per heavy atom. The summed E-state index contributed by atoms with van der Waals surface area (Å²) in [5.74, 6) is 0. The molecular formula is C9H18F2O3Rf-2. The average Bonchev–Trinajstić information content (AvgIpc) is 2.05. The van der Waals surface area contributed by atoms with Gasteiger partial charge in [-0.1, -0.05) is 0 Å². The van der Waals surface area contributed by atoms with E-state index in [0.717, 1.165) is 6.92 Å². The van der Waals surface area contributed by atoms with Crippen LogP contribution in [-0.2, 0) is 14.3 Å². The van der Waals surface area contributed by atoms with Gasteiger partial charge in [-0.15, -0.1) is 0 Å². The van der Waals surface area contributed by atoms with Crippen LogP contribution in [0.25, 0.3) is 0 Å². The van der Waals surface area contributed by atoms with Gasteiger partial charge in [0.25, 0.3) is 12.5 Å². The molecule has 0 radical (unpaired) electrons. The van der Waals surface area contributed by atoms with E-state index in [0.29, 0.717) is 6.47 Å². The van der Waals surface area contributed by atoms with Crippen LogP contribution in [-0.4, -0.2) is 19.6 Å². The molecule has 90 valence electrons. The maximum Gasteiger partial charge on any atom is 0.298 e. The van der Waals surface area contributed by atoms with Crippen molar-refractivity contribution in [3.63, 3.8) is 0 Å². The van der Waals surface area contributed by atoms with Crippen molar-refractivity contribution in [2.45, 2.75) is 27.7 Å². The Bertz CT molecular complexity index is 105. The van der Waals surface area contributed by atoms with Crippen molar-refractivity contribution in [3.05, 3.63) is 13.1 Å². The van der Waals surface area contributed by atoms with Gasteiger partial charge in [0.2, 0.25) is 0 Å². The first kappa shape index (κ1) is 29.2. The number of carbonyl (C=O) groups is 2. The van der Waals surface area contributed by atoms with Gasteiger partial charge in [-0.25, -0.2) is 0 Å². The van der Waals surface area contributed by atoms with Gasteiger partial charge in [-0.3, -0.25) is 9.59 Å². The maximum atomic E-state index is 10.9. The molecule has 0 saturated carbocycles. The van der Waals surface area contributed by atoms with Crippen LogP contribution in [0.4, 0.5) is 8.78 Å². The van der Waals surface area contributed by atoms with Gasteiger partial charge >= 0.3 is 0 Å². The molecule has 0 aromatic carbocycles. The molecule has 15 heavy (non-hydrogen) atoms. The molecule has 0 rings (SSSR count). The Morgan fingerprint density at radius 1 is 1.40 bits per heavy atom. The molecule has 0 aliphatic rings. The Kier molecular flexibility index (Phi) is 78.7. The third-order valence-electron chi connectivity index (χ3n) is 0.0962. The van der Waals surface area contributed by atoms with Crippen LogP contribution in [0.5, 0.6) is 0 Å². The molecule has 0 aliphatic carbocycles. The Morgan fingerprint density at radius 2 is 1.47 bits per heavy atom. The number of hydrogen-bond acceptors (Lipinski definition) is 3. The minimum atomic E-state index is -1.33. The fraction of sp³-hybridized carbons (Fsp3) is 0.556. The van der Waals surface area contributed by atoms with Gasteiger partial charge in [-0.05, 0) is 0 Å².